The molecule has 0 aromatic heterocycles. The van der Waals surface area contributed by atoms with Gasteiger partial charge in [-0.2, -0.15) is 0 Å². The Morgan fingerprint density at radius 3 is 1.65 bits per heavy atom. The van der Waals surface area contributed by atoms with Gasteiger partial charge in [0, 0.05) is 12.8 Å². The molecule has 1 aromatic rings. The zero-order valence-electron chi connectivity index (χ0n) is 25.7. The van der Waals surface area contributed by atoms with Crippen molar-refractivity contribution in [2.24, 2.45) is 29.4 Å². The monoisotopic (exact) mass is 563 g/mol. The summed E-state index contributed by atoms with van der Waals surface area (Å²) >= 11 is 0. The SMILES string of the molecule is CC(C)CCC(=O)Oc1ccc(C[C@H](N)C(=O)O[C@@H](C)C(C)OC(=O)C(C)C(C)C)cc1OC(=O)CCC(C)C. The minimum atomic E-state index is -1.02. The Kier molecular flexibility index (Phi) is 14.9. The molecule has 226 valence electrons. The molecular weight excluding hydrogens is 514 g/mol. The summed E-state index contributed by atoms with van der Waals surface area (Å²) in [7, 11) is 0. The minimum Gasteiger partial charge on any atom is -0.459 e. The number of esters is 4. The van der Waals surface area contributed by atoms with E-state index in [1.807, 2.05) is 41.5 Å². The van der Waals surface area contributed by atoms with E-state index >= 15 is 0 Å². The second kappa shape index (κ2) is 17.0. The smallest absolute Gasteiger partial charge is 0.323 e. The molecule has 40 heavy (non-hydrogen) atoms. The van der Waals surface area contributed by atoms with Crippen molar-refractivity contribution in [2.75, 3.05) is 0 Å². The van der Waals surface area contributed by atoms with Crippen molar-refractivity contribution in [2.45, 2.75) is 113 Å². The van der Waals surface area contributed by atoms with Gasteiger partial charge in [-0.15, -0.1) is 0 Å². The Bertz CT molecular complexity index is 988. The number of carbonyl (C=O) groups excluding carboxylic acids is 4. The number of ether oxygens (including phenoxy) is 4. The Balaban J connectivity index is 2.93. The van der Waals surface area contributed by atoms with E-state index in [4.69, 9.17) is 24.7 Å². The summed E-state index contributed by atoms with van der Waals surface area (Å²) in [6.45, 7) is 17.0. The lowest BCUT2D eigenvalue weighted by Gasteiger charge is -2.24. The summed E-state index contributed by atoms with van der Waals surface area (Å²) in [4.78, 5) is 49.7. The lowest BCUT2D eigenvalue weighted by molar-refractivity contribution is -0.169. The fourth-order valence-electron chi connectivity index (χ4n) is 3.37. The van der Waals surface area contributed by atoms with Crippen LogP contribution < -0.4 is 15.2 Å². The molecule has 0 bridgehead atoms. The largest absolute Gasteiger partial charge is 0.459 e. The van der Waals surface area contributed by atoms with Crippen molar-refractivity contribution in [3.05, 3.63) is 23.8 Å². The van der Waals surface area contributed by atoms with Gasteiger partial charge in [0.2, 0.25) is 0 Å². The molecule has 9 heteroatoms. The van der Waals surface area contributed by atoms with E-state index in [-0.39, 0.29) is 48.6 Å². The molecule has 2 N–H and O–H groups in total. The number of nitrogens with two attached hydrogens (primary N) is 1. The average molecular weight is 564 g/mol. The molecule has 0 radical (unpaired) electrons. The summed E-state index contributed by atoms with van der Waals surface area (Å²) in [6.07, 6.45) is 0.510. The highest BCUT2D eigenvalue weighted by atomic mass is 16.6. The molecule has 0 aliphatic heterocycles. The van der Waals surface area contributed by atoms with Crippen LogP contribution in [0.5, 0.6) is 11.5 Å². The van der Waals surface area contributed by atoms with Crippen LogP contribution in [0.15, 0.2) is 18.2 Å². The standard InChI is InChI=1S/C31H49NO8/c1-18(2)10-14-28(33)39-26-13-12-24(17-27(26)40-29(34)15-11-19(3)4)16-25(32)31(36)38-23(9)22(8)37-30(35)21(7)20(5)6/h12-13,17-23,25H,10-11,14-16,32H2,1-9H3/t21?,22?,23-,25-/m0/s1. The quantitative estimate of drug-likeness (QED) is 0.207. The van der Waals surface area contributed by atoms with E-state index in [0.717, 1.165) is 0 Å². The minimum absolute atomic E-state index is 0.0855. The van der Waals surface area contributed by atoms with Gasteiger partial charge in [-0.3, -0.25) is 19.2 Å². The van der Waals surface area contributed by atoms with Gasteiger partial charge in [0.15, 0.2) is 11.5 Å². The molecule has 0 fully saturated rings. The van der Waals surface area contributed by atoms with E-state index in [0.29, 0.717) is 30.2 Å². The number of rotatable bonds is 16. The number of hydrogen-bond acceptors (Lipinski definition) is 9. The first-order valence-electron chi connectivity index (χ1n) is 14.3. The molecule has 1 rings (SSSR count). The van der Waals surface area contributed by atoms with Crippen molar-refractivity contribution in [1.29, 1.82) is 0 Å². The van der Waals surface area contributed by atoms with Gasteiger partial charge in [0.25, 0.3) is 0 Å². The molecule has 0 heterocycles. The molecule has 0 saturated heterocycles. The molecule has 0 aliphatic rings. The Hall–Kier alpha value is -2.94. The Morgan fingerprint density at radius 1 is 0.700 bits per heavy atom. The van der Waals surface area contributed by atoms with E-state index in [1.165, 1.54) is 6.07 Å². The molecular formula is C31H49NO8. The fraction of sp³-hybridized carbons (Fsp3) is 0.677. The maximum absolute atomic E-state index is 12.7. The highest BCUT2D eigenvalue weighted by Gasteiger charge is 2.27. The highest BCUT2D eigenvalue weighted by Crippen LogP contribution is 2.30. The third-order valence-corrected chi connectivity index (χ3v) is 6.70. The average Bonchev–Trinajstić information content (AvgIpc) is 2.86. The van der Waals surface area contributed by atoms with E-state index in [9.17, 15) is 19.2 Å². The van der Waals surface area contributed by atoms with Crippen molar-refractivity contribution in [1.82, 2.24) is 0 Å². The Labute approximate surface area is 239 Å². The lowest BCUT2D eigenvalue weighted by atomic mass is 9.98. The highest BCUT2D eigenvalue weighted by molar-refractivity contribution is 5.77. The number of hydrogen-bond donors (Lipinski definition) is 1. The topological polar surface area (TPSA) is 131 Å². The number of benzene rings is 1. The summed E-state index contributed by atoms with van der Waals surface area (Å²) in [5.41, 5.74) is 6.72. The molecule has 0 saturated carbocycles. The molecule has 0 aliphatic carbocycles. The van der Waals surface area contributed by atoms with Crippen LogP contribution in [0.4, 0.5) is 0 Å². The first-order chi connectivity index (χ1) is 18.6. The first-order valence-corrected chi connectivity index (χ1v) is 14.3. The zero-order chi connectivity index (χ0) is 30.6. The maximum atomic E-state index is 12.7. The van der Waals surface area contributed by atoms with Crippen molar-refractivity contribution in [3.63, 3.8) is 0 Å². The summed E-state index contributed by atoms with van der Waals surface area (Å²) in [5.74, 6) is -1.15. The lowest BCUT2D eigenvalue weighted by Crippen LogP contribution is -2.40. The number of carbonyl (C=O) groups is 4. The fourth-order valence-corrected chi connectivity index (χ4v) is 3.37. The van der Waals surface area contributed by atoms with Gasteiger partial charge in [-0.1, -0.05) is 54.5 Å². The molecule has 4 atom stereocenters. The molecule has 2 unspecified atom stereocenters. The molecule has 0 spiro atoms. The van der Waals surface area contributed by atoms with Crippen LogP contribution in [-0.2, 0) is 35.1 Å². The van der Waals surface area contributed by atoms with Gasteiger partial charge in [-0.05, 0) is 68.6 Å². The van der Waals surface area contributed by atoms with E-state index in [1.54, 1.807) is 32.9 Å². The van der Waals surface area contributed by atoms with Crippen LogP contribution in [0.2, 0.25) is 0 Å². The van der Waals surface area contributed by atoms with Gasteiger partial charge in [0.05, 0.1) is 5.92 Å². The van der Waals surface area contributed by atoms with Crippen molar-refractivity contribution < 1.29 is 38.1 Å². The first kappa shape index (κ1) is 35.1. The summed E-state index contributed by atoms with van der Waals surface area (Å²) in [5, 5.41) is 0. The zero-order valence-corrected chi connectivity index (χ0v) is 25.7. The normalized spacial score (nSPS) is 14.4. The van der Waals surface area contributed by atoms with Crippen LogP contribution in [-0.4, -0.2) is 42.1 Å². The summed E-state index contributed by atoms with van der Waals surface area (Å²) < 4.78 is 22.0. The third-order valence-electron chi connectivity index (χ3n) is 6.70. The van der Waals surface area contributed by atoms with Crippen LogP contribution in [0, 0.1) is 23.7 Å². The van der Waals surface area contributed by atoms with Crippen LogP contribution in [0.25, 0.3) is 0 Å². The Morgan fingerprint density at radius 2 is 1.18 bits per heavy atom. The maximum Gasteiger partial charge on any atom is 0.323 e. The predicted octanol–water partition coefficient (Wildman–Crippen LogP) is 5.40. The van der Waals surface area contributed by atoms with Gasteiger partial charge >= 0.3 is 23.9 Å². The van der Waals surface area contributed by atoms with Crippen molar-refractivity contribution in [3.8, 4) is 11.5 Å². The second-order valence-electron chi connectivity index (χ2n) is 11.7. The van der Waals surface area contributed by atoms with E-state index in [2.05, 4.69) is 0 Å². The summed E-state index contributed by atoms with van der Waals surface area (Å²) in [6, 6.07) is 3.72. The third kappa shape index (κ3) is 12.9. The van der Waals surface area contributed by atoms with Gasteiger partial charge in [-0.25, -0.2) is 0 Å². The van der Waals surface area contributed by atoms with Gasteiger partial charge < -0.3 is 24.7 Å². The molecule has 1 aromatic carbocycles. The van der Waals surface area contributed by atoms with Crippen LogP contribution in [0.3, 0.4) is 0 Å². The van der Waals surface area contributed by atoms with Gasteiger partial charge in [0.1, 0.15) is 18.2 Å². The molecule has 9 nitrogen and oxygen atoms in total. The second-order valence-corrected chi connectivity index (χ2v) is 11.7. The van der Waals surface area contributed by atoms with E-state index < -0.39 is 36.2 Å². The van der Waals surface area contributed by atoms with Crippen molar-refractivity contribution >= 4 is 23.9 Å². The predicted molar refractivity (Wildman–Crippen MR) is 153 cm³/mol. The van der Waals surface area contributed by atoms with Crippen LogP contribution >= 0.6 is 0 Å². The van der Waals surface area contributed by atoms with Crippen LogP contribution in [0.1, 0.15) is 93.6 Å². The molecule has 0 amide bonds.